The highest BCUT2D eigenvalue weighted by atomic mass is 16.3. The minimum absolute atomic E-state index is 0.0750. The van der Waals surface area contributed by atoms with Crippen molar-refractivity contribution in [2.75, 3.05) is 13.2 Å². The summed E-state index contributed by atoms with van der Waals surface area (Å²) in [5.41, 5.74) is 0.522. The molecule has 0 bridgehead atoms. The molecule has 6 heteroatoms. The topological polar surface area (TPSA) is 83.2 Å². The van der Waals surface area contributed by atoms with Crippen LogP contribution < -0.4 is 5.32 Å². The van der Waals surface area contributed by atoms with Crippen LogP contribution in [0.1, 0.15) is 26.0 Å². The summed E-state index contributed by atoms with van der Waals surface area (Å²) in [6.07, 6.45) is 2.52. The zero-order valence-corrected chi connectivity index (χ0v) is 9.85. The molecule has 0 saturated carbocycles. The second kappa shape index (κ2) is 5.93. The summed E-state index contributed by atoms with van der Waals surface area (Å²) in [6, 6.07) is 0. The largest absolute Gasteiger partial charge is 0.396 e. The molecule has 0 aliphatic rings. The summed E-state index contributed by atoms with van der Waals surface area (Å²) < 4.78 is 1.71. The standard InChI is InChI=1S/C10H20N4O2/c1-10(2,8-16)11-6-9-7-14(13-12-9)4-3-5-15/h7,11,15-16H,3-6,8H2,1-2H3. The fraction of sp³-hybridized carbons (Fsp3) is 0.800. The Bertz CT molecular complexity index is 312. The van der Waals surface area contributed by atoms with Gasteiger partial charge in [-0.05, 0) is 20.3 Å². The van der Waals surface area contributed by atoms with Gasteiger partial charge in [-0.2, -0.15) is 0 Å². The molecule has 16 heavy (non-hydrogen) atoms. The second-order valence-corrected chi connectivity index (χ2v) is 4.45. The van der Waals surface area contributed by atoms with Crippen LogP contribution in [0.15, 0.2) is 6.20 Å². The SMILES string of the molecule is CC(C)(CO)NCc1cn(CCCO)nn1. The van der Waals surface area contributed by atoms with Crippen LogP contribution in [0.2, 0.25) is 0 Å². The summed E-state index contributed by atoms with van der Waals surface area (Å²) in [4.78, 5) is 0. The Labute approximate surface area is 95.3 Å². The Hall–Kier alpha value is -0.980. The Kier molecular flexibility index (Phi) is 4.85. The van der Waals surface area contributed by atoms with E-state index < -0.39 is 0 Å². The van der Waals surface area contributed by atoms with Gasteiger partial charge in [-0.1, -0.05) is 5.21 Å². The van der Waals surface area contributed by atoms with Gasteiger partial charge in [0.25, 0.3) is 0 Å². The number of aromatic nitrogens is 3. The molecule has 0 fully saturated rings. The molecular weight excluding hydrogens is 208 g/mol. The normalized spacial score (nSPS) is 12.0. The zero-order chi connectivity index (χ0) is 12.0. The van der Waals surface area contributed by atoms with E-state index in [9.17, 15) is 0 Å². The van der Waals surface area contributed by atoms with Gasteiger partial charge in [0.1, 0.15) is 0 Å². The zero-order valence-electron chi connectivity index (χ0n) is 9.85. The van der Waals surface area contributed by atoms with E-state index in [-0.39, 0.29) is 18.8 Å². The van der Waals surface area contributed by atoms with E-state index in [1.54, 1.807) is 4.68 Å². The van der Waals surface area contributed by atoms with Crippen LogP contribution in [0, 0.1) is 0 Å². The molecule has 0 unspecified atom stereocenters. The highest BCUT2D eigenvalue weighted by Gasteiger charge is 2.15. The minimum Gasteiger partial charge on any atom is -0.396 e. The van der Waals surface area contributed by atoms with Gasteiger partial charge in [-0.25, -0.2) is 0 Å². The molecule has 0 aliphatic carbocycles. The first kappa shape index (κ1) is 13.1. The Balaban J connectivity index is 2.40. The predicted octanol–water partition coefficient (Wildman–Crippen LogP) is -0.479. The molecule has 6 nitrogen and oxygen atoms in total. The van der Waals surface area contributed by atoms with Gasteiger partial charge in [-0.3, -0.25) is 4.68 Å². The summed E-state index contributed by atoms with van der Waals surface area (Å²) >= 11 is 0. The van der Waals surface area contributed by atoms with Crippen molar-refractivity contribution in [3.05, 3.63) is 11.9 Å². The van der Waals surface area contributed by atoms with Gasteiger partial charge in [-0.15, -0.1) is 5.10 Å². The van der Waals surface area contributed by atoms with E-state index in [0.717, 1.165) is 5.69 Å². The van der Waals surface area contributed by atoms with Crippen LogP contribution in [0.3, 0.4) is 0 Å². The molecule has 3 N–H and O–H groups in total. The summed E-state index contributed by atoms with van der Waals surface area (Å²) in [7, 11) is 0. The van der Waals surface area contributed by atoms with Crippen molar-refractivity contribution in [1.29, 1.82) is 0 Å². The van der Waals surface area contributed by atoms with Crippen molar-refractivity contribution in [2.24, 2.45) is 0 Å². The number of nitrogens with one attached hydrogen (secondary N) is 1. The third-order valence-electron chi connectivity index (χ3n) is 2.27. The first-order valence-electron chi connectivity index (χ1n) is 5.43. The maximum absolute atomic E-state index is 9.06. The van der Waals surface area contributed by atoms with Crippen LogP contribution in [0.25, 0.3) is 0 Å². The molecule has 1 rings (SSSR count). The molecule has 0 atom stereocenters. The molecule has 1 aromatic rings. The fourth-order valence-electron chi connectivity index (χ4n) is 1.15. The van der Waals surface area contributed by atoms with Crippen LogP contribution in [-0.2, 0) is 13.1 Å². The van der Waals surface area contributed by atoms with Gasteiger partial charge in [0.05, 0.1) is 12.3 Å². The molecule has 1 aromatic heterocycles. The van der Waals surface area contributed by atoms with E-state index in [1.165, 1.54) is 0 Å². The third-order valence-corrected chi connectivity index (χ3v) is 2.27. The Morgan fingerprint density at radius 1 is 1.44 bits per heavy atom. The predicted molar refractivity (Wildman–Crippen MR) is 59.7 cm³/mol. The highest BCUT2D eigenvalue weighted by Crippen LogP contribution is 2.02. The number of hydrogen-bond donors (Lipinski definition) is 3. The van der Waals surface area contributed by atoms with Crippen molar-refractivity contribution in [3.8, 4) is 0 Å². The minimum atomic E-state index is -0.311. The molecule has 1 heterocycles. The van der Waals surface area contributed by atoms with Crippen LogP contribution >= 0.6 is 0 Å². The van der Waals surface area contributed by atoms with Crippen molar-refractivity contribution in [3.63, 3.8) is 0 Å². The average Bonchev–Trinajstić information content (AvgIpc) is 2.72. The number of aryl methyl sites for hydroxylation is 1. The fourth-order valence-corrected chi connectivity index (χ4v) is 1.15. The maximum Gasteiger partial charge on any atom is 0.0965 e. The highest BCUT2D eigenvalue weighted by molar-refractivity contribution is 4.93. The molecule has 0 radical (unpaired) electrons. The summed E-state index contributed by atoms with van der Waals surface area (Å²) in [5, 5.41) is 28.8. The maximum atomic E-state index is 9.06. The molecule has 0 aliphatic heterocycles. The Morgan fingerprint density at radius 2 is 2.19 bits per heavy atom. The van der Waals surface area contributed by atoms with Crippen molar-refractivity contribution < 1.29 is 10.2 Å². The molecular formula is C10H20N4O2. The van der Waals surface area contributed by atoms with E-state index in [2.05, 4.69) is 15.6 Å². The lowest BCUT2D eigenvalue weighted by molar-refractivity contribution is 0.187. The molecule has 0 spiro atoms. The number of rotatable bonds is 7. The van der Waals surface area contributed by atoms with Crippen molar-refractivity contribution >= 4 is 0 Å². The monoisotopic (exact) mass is 228 g/mol. The first-order valence-corrected chi connectivity index (χ1v) is 5.43. The molecule has 92 valence electrons. The molecule has 0 aromatic carbocycles. The number of nitrogens with zero attached hydrogens (tertiary/aromatic N) is 3. The number of aliphatic hydroxyl groups excluding tert-OH is 2. The average molecular weight is 228 g/mol. The quantitative estimate of drug-likeness (QED) is 0.587. The first-order chi connectivity index (χ1) is 7.57. The van der Waals surface area contributed by atoms with Gasteiger partial charge >= 0.3 is 0 Å². The van der Waals surface area contributed by atoms with E-state index in [1.807, 2.05) is 20.0 Å². The summed E-state index contributed by atoms with van der Waals surface area (Å²) in [6.45, 7) is 5.32. The van der Waals surface area contributed by atoms with Crippen LogP contribution in [-0.4, -0.2) is 44.0 Å². The summed E-state index contributed by atoms with van der Waals surface area (Å²) in [5.74, 6) is 0. The van der Waals surface area contributed by atoms with Gasteiger partial charge < -0.3 is 15.5 Å². The smallest absolute Gasteiger partial charge is 0.0965 e. The lowest BCUT2D eigenvalue weighted by Gasteiger charge is -2.22. The lowest BCUT2D eigenvalue weighted by atomic mass is 10.1. The Morgan fingerprint density at radius 3 is 2.81 bits per heavy atom. The van der Waals surface area contributed by atoms with Crippen molar-refractivity contribution in [1.82, 2.24) is 20.3 Å². The van der Waals surface area contributed by atoms with Gasteiger partial charge in [0.2, 0.25) is 0 Å². The van der Waals surface area contributed by atoms with E-state index >= 15 is 0 Å². The molecule has 0 saturated heterocycles. The van der Waals surface area contributed by atoms with Crippen LogP contribution in [0.4, 0.5) is 0 Å². The van der Waals surface area contributed by atoms with E-state index in [4.69, 9.17) is 10.2 Å². The van der Waals surface area contributed by atoms with Crippen molar-refractivity contribution in [2.45, 2.75) is 38.9 Å². The molecule has 0 amide bonds. The number of aliphatic hydroxyl groups is 2. The van der Waals surface area contributed by atoms with Gasteiger partial charge in [0, 0.05) is 31.4 Å². The second-order valence-electron chi connectivity index (χ2n) is 4.45. The van der Waals surface area contributed by atoms with Crippen LogP contribution in [0.5, 0.6) is 0 Å². The van der Waals surface area contributed by atoms with Gasteiger partial charge in [0.15, 0.2) is 0 Å². The van der Waals surface area contributed by atoms with E-state index in [0.29, 0.717) is 19.5 Å². The third kappa shape index (κ3) is 4.26. The number of hydrogen-bond acceptors (Lipinski definition) is 5. The lowest BCUT2D eigenvalue weighted by Crippen LogP contribution is -2.42.